The highest BCUT2D eigenvalue weighted by Gasteiger charge is 2.25. The molecule has 5 heteroatoms. The topological polar surface area (TPSA) is 55.8 Å². The number of nitrogens with one attached hydrogen (secondary N) is 1. The van der Waals surface area contributed by atoms with Crippen molar-refractivity contribution in [3.8, 4) is 0 Å². The van der Waals surface area contributed by atoms with Gasteiger partial charge >= 0.3 is 6.03 Å². The van der Waals surface area contributed by atoms with Gasteiger partial charge in [0.05, 0.1) is 6.61 Å². The number of carbonyl (C=O) groups is 1. The summed E-state index contributed by atoms with van der Waals surface area (Å²) in [6.07, 6.45) is 2.82. The van der Waals surface area contributed by atoms with Gasteiger partial charge in [0.2, 0.25) is 0 Å². The molecule has 0 bridgehead atoms. The monoisotopic (exact) mass is 305 g/mol. The lowest BCUT2D eigenvalue weighted by atomic mass is 10.0. The van der Waals surface area contributed by atoms with Crippen LogP contribution in [0.25, 0.3) is 0 Å². The van der Waals surface area contributed by atoms with Crippen LogP contribution in [0.15, 0.2) is 24.3 Å². The Bertz CT molecular complexity index is 485. The third kappa shape index (κ3) is 4.21. The first-order valence-corrected chi connectivity index (χ1v) is 8.10. The van der Waals surface area contributed by atoms with Gasteiger partial charge in [-0.25, -0.2) is 4.79 Å². The van der Waals surface area contributed by atoms with Gasteiger partial charge in [-0.2, -0.15) is 0 Å². The Hall–Kier alpha value is -1.59. The average Bonchev–Trinajstić information content (AvgIpc) is 2.55. The number of nitrogens with zero attached hydrogens (tertiary/aromatic N) is 2. The van der Waals surface area contributed by atoms with Gasteiger partial charge in [-0.05, 0) is 37.9 Å². The van der Waals surface area contributed by atoms with Gasteiger partial charge in [0.15, 0.2) is 0 Å². The SMILES string of the molecule is CCc1ccccc1NC(=O)N1CCC(N(C)CCO)CC1. The van der Waals surface area contributed by atoms with Gasteiger partial charge in [-0.1, -0.05) is 25.1 Å². The molecule has 22 heavy (non-hydrogen) atoms. The van der Waals surface area contributed by atoms with Gasteiger partial charge in [-0.15, -0.1) is 0 Å². The Morgan fingerprint density at radius 2 is 2.05 bits per heavy atom. The summed E-state index contributed by atoms with van der Waals surface area (Å²) in [6, 6.07) is 8.40. The van der Waals surface area contributed by atoms with Crippen LogP contribution in [-0.2, 0) is 6.42 Å². The molecule has 0 aromatic heterocycles. The summed E-state index contributed by atoms with van der Waals surface area (Å²) >= 11 is 0. The van der Waals surface area contributed by atoms with E-state index in [9.17, 15) is 4.79 Å². The number of amides is 2. The minimum absolute atomic E-state index is 0.0100. The van der Waals surface area contributed by atoms with Crippen molar-refractivity contribution in [3.63, 3.8) is 0 Å². The zero-order valence-corrected chi connectivity index (χ0v) is 13.6. The van der Waals surface area contributed by atoms with Crippen LogP contribution in [0.4, 0.5) is 10.5 Å². The number of hydrogen-bond donors (Lipinski definition) is 2. The lowest BCUT2D eigenvalue weighted by molar-refractivity contribution is 0.122. The average molecular weight is 305 g/mol. The summed E-state index contributed by atoms with van der Waals surface area (Å²) in [4.78, 5) is 16.5. The molecule has 5 nitrogen and oxygen atoms in total. The van der Waals surface area contributed by atoms with Crippen molar-refractivity contribution in [2.75, 3.05) is 38.6 Å². The maximum absolute atomic E-state index is 12.4. The summed E-state index contributed by atoms with van der Waals surface area (Å²) in [5.74, 6) is 0. The van der Waals surface area contributed by atoms with Crippen LogP contribution < -0.4 is 5.32 Å². The van der Waals surface area contributed by atoms with Crippen molar-refractivity contribution in [1.82, 2.24) is 9.80 Å². The molecule has 1 aromatic rings. The number of para-hydroxylation sites is 1. The van der Waals surface area contributed by atoms with Gasteiger partial charge < -0.3 is 20.2 Å². The second-order valence-electron chi connectivity index (χ2n) is 5.86. The van der Waals surface area contributed by atoms with E-state index in [2.05, 4.69) is 17.1 Å². The molecule has 0 spiro atoms. The number of benzene rings is 1. The fourth-order valence-electron chi connectivity index (χ4n) is 2.99. The number of aryl methyl sites for hydroxylation is 1. The number of carbonyl (C=O) groups excluding carboxylic acids is 1. The van der Waals surface area contributed by atoms with E-state index in [4.69, 9.17) is 5.11 Å². The Balaban J connectivity index is 1.87. The van der Waals surface area contributed by atoms with Crippen molar-refractivity contribution < 1.29 is 9.90 Å². The number of aliphatic hydroxyl groups excluding tert-OH is 1. The first-order valence-electron chi connectivity index (χ1n) is 8.10. The second kappa shape index (κ2) is 8.15. The van der Waals surface area contributed by atoms with Crippen LogP contribution in [0.2, 0.25) is 0 Å². The van der Waals surface area contributed by atoms with E-state index in [1.54, 1.807) is 0 Å². The molecule has 0 unspecified atom stereocenters. The number of anilines is 1. The van der Waals surface area contributed by atoms with Gasteiger partial charge in [0.25, 0.3) is 0 Å². The molecule has 1 fully saturated rings. The summed E-state index contributed by atoms with van der Waals surface area (Å²) in [7, 11) is 2.04. The maximum Gasteiger partial charge on any atom is 0.321 e. The molecule has 2 rings (SSSR count). The third-order valence-corrected chi connectivity index (χ3v) is 4.47. The highest BCUT2D eigenvalue weighted by atomic mass is 16.3. The molecular weight excluding hydrogens is 278 g/mol. The molecular formula is C17H27N3O2. The van der Waals surface area contributed by atoms with Crippen LogP contribution in [0.5, 0.6) is 0 Å². The molecule has 2 N–H and O–H groups in total. The fourth-order valence-corrected chi connectivity index (χ4v) is 2.99. The highest BCUT2D eigenvalue weighted by Crippen LogP contribution is 2.19. The van der Waals surface area contributed by atoms with Crippen LogP contribution >= 0.6 is 0 Å². The Labute approximate surface area is 132 Å². The van der Waals surface area contributed by atoms with Crippen LogP contribution in [0.1, 0.15) is 25.3 Å². The molecule has 1 aliphatic heterocycles. The number of likely N-dealkylation sites (tertiary alicyclic amines) is 1. The first-order chi connectivity index (χ1) is 10.7. The van der Waals surface area contributed by atoms with Crippen LogP contribution in [0, 0.1) is 0 Å². The number of likely N-dealkylation sites (N-methyl/N-ethyl adjacent to an activating group) is 1. The molecule has 1 aliphatic rings. The minimum Gasteiger partial charge on any atom is -0.395 e. The zero-order chi connectivity index (χ0) is 15.9. The quantitative estimate of drug-likeness (QED) is 0.876. The Morgan fingerprint density at radius 1 is 1.36 bits per heavy atom. The first kappa shape index (κ1) is 16.8. The van der Waals surface area contributed by atoms with Crippen LogP contribution in [-0.4, -0.2) is 60.3 Å². The third-order valence-electron chi connectivity index (χ3n) is 4.47. The van der Waals surface area contributed by atoms with Crippen LogP contribution in [0.3, 0.4) is 0 Å². The van der Waals surface area contributed by atoms with E-state index in [0.717, 1.165) is 43.6 Å². The molecule has 0 saturated carbocycles. The lowest BCUT2D eigenvalue weighted by Crippen LogP contribution is -2.47. The van der Waals surface area contributed by atoms with E-state index < -0.39 is 0 Å². The molecule has 0 atom stereocenters. The van der Waals surface area contributed by atoms with Gasteiger partial charge in [0.1, 0.15) is 0 Å². The molecule has 0 radical (unpaired) electrons. The maximum atomic E-state index is 12.4. The molecule has 0 aliphatic carbocycles. The predicted molar refractivity (Wildman–Crippen MR) is 89.1 cm³/mol. The fraction of sp³-hybridized carbons (Fsp3) is 0.588. The van der Waals surface area contributed by atoms with E-state index in [1.165, 1.54) is 0 Å². The lowest BCUT2D eigenvalue weighted by Gasteiger charge is -2.36. The smallest absolute Gasteiger partial charge is 0.321 e. The van der Waals surface area contributed by atoms with E-state index >= 15 is 0 Å². The summed E-state index contributed by atoms with van der Waals surface area (Å²) in [5, 5.41) is 12.0. The van der Waals surface area contributed by atoms with Crippen molar-refractivity contribution in [1.29, 1.82) is 0 Å². The largest absolute Gasteiger partial charge is 0.395 e. The molecule has 1 saturated heterocycles. The molecule has 122 valence electrons. The highest BCUT2D eigenvalue weighted by molar-refractivity contribution is 5.90. The van der Waals surface area contributed by atoms with Gasteiger partial charge in [0, 0.05) is 31.4 Å². The minimum atomic E-state index is -0.0100. The van der Waals surface area contributed by atoms with E-state index in [-0.39, 0.29) is 12.6 Å². The Kier molecular flexibility index (Phi) is 6.21. The second-order valence-corrected chi connectivity index (χ2v) is 5.86. The normalized spacial score (nSPS) is 16.1. The zero-order valence-electron chi connectivity index (χ0n) is 13.6. The molecule has 2 amide bonds. The summed E-state index contributed by atoms with van der Waals surface area (Å²) in [6.45, 7) is 4.50. The summed E-state index contributed by atoms with van der Waals surface area (Å²) < 4.78 is 0. The molecule has 1 aromatic carbocycles. The summed E-state index contributed by atoms with van der Waals surface area (Å²) in [5.41, 5.74) is 2.07. The van der Waals surface area contributed by atoms with Crippen molar-refractivity contribution in [3.05, 3.63) is 29.8 Å². The van der Waals surface area contributed by atoms with E-state index in [0.29, 0.717) is 12.6 Å². The van der Waals surface area contributed by atoms with Crippen molar-refractivity contribution >= 4 is 11.7 Å². The molecule has 1 heterocycles. The van der Waals surface area contributed by atoms with Crippen molar-refractivity contribution in [2.24, 2.45) is 0 Å². The number of aliphatic hydroxyl groups is 1. The predicted octanol–water partition coefficient (Wildman–Crippen LogP) is 2.17. The number of hydrogen-bond acceptors (Lipinski definition) is 3. The van der Waals surface area contributed by atoms with E-state index in [1.807, 2.05) is 36.2 Å². The standard InChI is InChI=1S/C17H27N3O2/c1-3-14-6-4-5-7-16(14)18-17(22)20-10-8-15(9-11-20)19(2)12-13-21/h4-7,15,21H,3,8-13H2,1-2H3,(H,18,22). The number of urea groups is 1. The number of piperidine rings is 1. The Morgan fingerprint density at radius 3 is 2.68 bits per heavy atom. The number of rotatable bonds is 5. The van der Waals surface area contributed by atoms with Gasteiger partial charge in [-0.3, -0.25) is 0 Å². The van der Waals surface area contributed by atoms with Crippen molar-refractivity contribution in [2.45, 2.75) is 32.2 Å².